The number of pyridine rings is 1. The van der Waals surface area contributed by atoms with Gasteiger partial charge in [-0.2, -0.15) is 4.99 Å². The average Bonchev–Trinajstić information content (AvgIpc) is 3.48. The Hall–Kier alpha value is -3.26. The van der Waals surface area contributed by atoms with Crippen LogP contribution >= 0.6 is 0 Å². The molecule has 3 heterocycles. The molecule has 26 heavy (non-hydrogen) atoms. The van der Waals surface area contributed by atoms with E-state index in [1.807, 2.05) is 0 Å². The molecule has 2 aliphatic heterocycles. The van der Waals surface area contributed by atoms with Crippen molar-refractivity contribution in [2.45, 2.75) is 12.8 Å². The molecule has 0 aromatic carbocycles. The van der Waals surface area contributed by atoms with E-state index in [-0.39, 0.29) is 28.9 Å². The normalized spacial score (nSPS) is 23.9. The van der Waals surface area contributed by atoms with E-state index in [9.17, 15) is 14.4 Å². The van der Waals surface area contributed by atoms with Crippen LogP contribution in [0.5, 0.6) is 0 Å². The Kier molecular flexibility index (Phi) is 4.10. The fourth-order valence-corrected chi connectivity index (χ4v) is 2.52. The first-order chi connectivity index (χ1) is 12.6. The lowest BCUT2D eigenvalue weighted by Gasteiger charge is -2.17. The summed E-state index contributed by atoms with van der Waals surface area (Å²) in [6, 6.07) is 3.49. The first-order valence-electron chi connectivity index (χ1n) is 8.05. The van der Waals surface area contributed by atoms with Gasteiger partial charge in [0.25, 0.3) is 5.91 Å². The molecule has 1 saturated carbocycles. The van der Waals surface area contributed by atoms with Crippen LogP contribution in [-0.4, -0.2) is 38.9 Å². The van der Waals surface area contributed by atoms with Gasteiger partial charge < -0.3 is 0 Å². The molecular formula is C18H14FN5O2. The lowest BCUT2D eigenvalue weighted by atomic mass is 10.0. The highest BCUT2D eigenvalue weighted by Crippen LogP contribution is 2.31. The lowest BCUT2D eigenvalue weighted by Crippen LogP contribution is -2.18. The number of aromatic nitrogens is 1. The summed E-state index contributed by atoms with van der Waals surface area (Å²) >= 11 is 0. The summed E-state index contributed by atoms with van der Waals surface area (Å²) in [6.45, 7) is 0. The molecule has 130 valence electrons. The Bertz CT molecular complexity index is 940. The summed E-state index contributed by atoms with van der Waals surface area (Å²) in [7, 11) is 0. The third kappa shape index (κ3) is 3.27. The molecule has 8 heteroatoms. The van der Waals surface area contributed by atoms with E-state index >= 15 is 0 Å². The van der Waals surface area contributed by atoms with Crippen LogP contribution in [0.1, 0.15) is 18.4 Å². The Morgan fingerprint density at radius 1 is 1.38 bits per heavy atom. The zero-order valence-electron chi connectivity index (χ0n) is 13.6. The van der Waals surface area contributed by atoms with Gasteiger partial charge in [0.15, 0.2) is 11.7 Å². The predicted octanol–water partition coefficient (Wildman–Crippen LogP) is 2.57. The summed E-state index contributed by atoms with van der Waals surface area (Å²) in [5.74, 6) is -0.715. The summed E-state index contributed by atoms with van der Waals surface area (Å²) < 4.78 is 14.3. The maximum atomic E-state index is 14.3. The number of carbonyl (C=O) groups is 1. The number of halogens is 1. The number of amidine groups is 1. The van der Waals surface area contributed by atoms with Gasteiger partial charge in [-0.05, 0) is 31.1 Å². The zero-order valence-corrected chi connectivity index (χ0v) is 13.6. The fourth-order valence-electron chi connectivity index (χ4n) is 2.52. The molecule has 3 aliphatic rings. The minimum Gasteiger partial charge on any atom is -0.285 e. The van der Waals surface area contributed by atoms with Crippen molar-refractivity contribution in [2.24, 2.45) is 20.9 Å². The van der Waals surface area contributed by atoms with Crippen LogP contribution < -0.4 is 0 Å². The molecule has 0 bridgehead atoms. The zero-order chi connectivity index (χ0) is 18.1. The van der Waals surface area contributed by atoms with Crippen molar-refractivity contribution in [3.63, 3.8) is 0 Å². The molecule has 0 radical (unpaired) electrons. The number of nitrogens with zero attached hydrogens (tertiary/aromatic N) is 5. The van der Waals surface area contributed by atoms with Crippen LogP contribution in [-0.2, 0) is 4.79 Å². The molecule has 0 unspecified atom stereocenters. The molecular weight excluding hydrogens is 337 g/mol. The monoisotopic (exact) mass is 351 g/mol. The van der Waals surface area contributed by atoms with Crippen molar-refractivity contribution < 1.29 is 14.4 Å². The van der Waals surface area contributed by atoms with E-state index in [2.05, 4.69) is 20.0 Å². The maximum absolute atomic E-state index is 14.3. The number of rotatable bonds is 2. The number of hydroxylamine groups is 2. The average molecular weight is 351 g/mol. The van der Waals surface area contributed by atoms with Crippen molar-refractivity contribution in [1.29, 1.82) is 0 Å². The van der Waals surface area contributed by atoms with E-state index in [0.29, 0.717) is 16.3 Å². The van der Waals surface area contributed by atoms with Crippen LogP contribution in [0.4, 0.5) is 4.39 Å². The number of hydrogen-bond donors (Lipinski definition) is 1. The topological polar surface area (TPSA) is 90.5 Å². The second-order valence-corrected chi connectivity index (χ2v) is 5.98. The largest absolute Gasteiger partial charge is 0.285 e. The highest BCUT2D eigenvalue weighted by molar-refractivity contribution is 6.39. The molecule has 1 amide bonds. The number of amides is 1. The second-order valence-electron chi connectivity index (χ2n) is 5.98. The Morgan fingerprint density at radius 2 is 2.23 bits per heavy atom. The Labute approximate surface area is 148 Å². The molecule has 1 aromatic rings. The van der Waals surface area contributed by atoms with Crippen molar-refractivity contribution in [3.05, 3.63) is 65.7 Å². The van der Waals surface area contributed by atoms with Crippen molar-refractivity contribution in [2.75, 3.05) is 0 Å². The first-order valence-corrected chi connectivity index (χ1v) is 8.05. The fraction of sp³-hybridized carbons (Fsp3) is 0.167. The van der Waals surface area contributed by atoms with Crippen LogP contribution in [0.3, 0.4) is 0 Å². The van der Waals surface area contributed by atoms with Crippen LogP contribution in [0, 0.1) is 5.92 Å². The molecule has 1 fully saturated rings. The SMILES string of the molecule is O=C(N=C1C=NC(=C2C=CN(O)C=C2F)C(c2cccnc2)=N1)C1CC1. The van der Waals surface area contributed by atoms with Crippen molar-refractivity contribution in [3.8, 4) is 0 Å². The third-order valence-corrected chi connectivity index (χ3v) is 4.00. The van der Waals surface area contributed by atoms with Gasteiger partial charge in [0.2, 0.25) is 0 Å². The molecule has 0 saturated heterocycles. The number of allylic oxidation sites excluding steroid dienone is 4. The lowest BCUT2D eigenvalue weighted by molar-refractivity contribution is -0.118. The minimum absolute atomic E-state index is 0.0233. The van der Waals surface area contributed by atoms with Gasteiger partial charge >= 0.3 is 0 Å². The van der Waals surface area contributed by atoms with E-state index in [4.69, 9.17) is 0 Å². The summed E-state index contributed by atoms with van der Waals surface area (Å²) in [6.07, 6.45) is 9.84. The highest BCUT2D eigenvalue weighted by atomic mass is 19.1. The van der Waals surface area contributed by atoms with Gasteiger partial charge in [-0.15, -0.1) is 0 Å². The molecule has 1 N–H and O–H groups in total. The standard InChI is InChI=1S/C18H14FN5O2/c19-14-10-24(26)7-5-13(14)17-16(12-2-1-6-20-8-12)22-15(9-21-17)23-18(25)11-3-4-11/h1-2,5-11,26H,3-4H2. The molecule has 0 atom stereocenters. The van der Waals surface area contributed by atoms with E-state index in [1.165, 1.54) is 18.5 Å². The number of carbonyl (C=O) groups excluding carboxylic acids is 1. The van der Waals surface area contributed by atoms with E-state index < -0.39 is 5.83 Å². The van der Waals surface area contributed by atoms with Gasteiger partial charge in [0.1, 0.15) is 5.71 Å². The first kappa shape index (κ1) is 16.2. The Balaban J connectivity index is 1.80. The summed E-state index contributed by atoms with van der Waals surface area (Å²) in [4.78, 5) is 28.7. The van der Waals surface area contributed by atoms with Gasteiger partial charge in [-0.1, -0.05) is 0 Å². The predicted molar refractivity (Wildman–Crippen MR) is 93.4 cm³/mol. The number of hydrogen-bond acceptors (Lipinski definition) is 5. The molecule has 4 rings (SSSR count). The highest BCUT2D eigenvalue weighted by Gasteiger charge is 2.30. The van der Waals surface area contributed by atoms with Crippen LogP contribution in [0.25, 0.3) is 0 Å². The smallest absolute Gasteiger partial charge is 0.250 e. The van der Waals surface area contributed by atoms with E-state index in [1.54, 1.807) is 24.5 Å². The summed E-state index contributed by atoms with van der Waals surface area (Å²) in [5, 5.41) is 9.97. The maximum Gasteiger partial charge on any atom is 0.250 e. The van der Waals surface area contributed by atoms with E-state index in [0.717, 1.165) is 19.0 Å². The quantitative estimate of drug-likeness (QED) is 0.887. The van der Waals surface area contributed by atoms with Gasteiger partial charge in [0, 0.05) is 35.6 Å². The second kappa shape index (κ2) is 6.57. The van der Waals surface area contributed by atoms with Gasteiger partial charge in [-0.3, -0.25) is 15.0 Å². The molecule has 1 aromatic heterocycles. The summed E-state index contributed by atoms with van der Waals surface area (Å²) in [5.41, 5.74) is 1.42. The van der Waals surface area contributed by atoms with Gasteiger partial charge in [-0.25, -0.2) is 19.4 Å². The number of aliphatic imine (C=N–C) groups is 3. The van der Waals surface area contributed by atoms with Crippen molar-refractivity contribution in [1.82, 2.24) is 10.0 Å². The van der Waals surface area contributed by atoms with Crippen LogP contribution in [0.15, 0.2) is 75.1 Å². The van der Waals surface area contributed by atoms with Crippen LogP contribution in [0.2, 0.25) is 0 Å². The van der Waals surface area contributed by atoms with Crippen molar-refractivity contribution >= 4 is 23.7 Å². The molecule has 7 nitrogen and oxygen atoms in total. The third-order valence-electron chi connectivity index (χ3n) is 4.00. The minimum atomic E-state index is -0.659. The molecule has 1 aliphatic carbocycles. The Morgan fingerprint density at radius 3 is 2.92 bits per heavy atom. The molecule has 0 spiro atoms. The van der Waals surface area contributed by atoms with Gasteiger partial charge in [0.05, 0.1) is 18.1 Å².